The van der Waals surface area contributed by atoms with E-state index in [0.717, 1.165) is 37.2 Å². The molecule has 1 aromatic heterocycles. The van der Waals surface area contributed by atoms with Gasteiger partial charge < -0.3 is 10.6 Å². The summed E-state index contributed by atoms with van der Waals surface area (Å²) in [5.74, 6) is 0.683. The maximum Gasteiger partial charge on any atom is 0.220 e. The summed E-state index contributed by atoms with van der Waals surface area (Å²) in [6.45, 7) is 4.63. The Morgan fingerprint density at radius 2 is 2.28 bits per heavy atom. The Labute approximate surface area is 108 Å². The van der Waals surface area contributed by atoms with Crippen LogP contribution in [0.4, 0.5) is 0 Å². The number of aromatic nitrogens is 1. The van der Waals surface area contributed by atoms with Gasteiger partial charge in [-0.2, -0.15) is 0 Å². The minimum absolute atomic E-state index is 0.145. The lowest BCUT2D eigenvalue weighted by Gasteiger charge is -2.21. The highest BCUT2D eigenvalue weighted by molar-refractivity contribution is 5.76. The predicted molar refractivity (Wildman–Crippen MR) is 71.0 cm³/mol. The molecule has 1 fully saturated rings. The molecular weight excluding hydrogens is 226 g/mol. The highest BCUT2D eigenvalue weighted by Crippen LogP contribution is 2.15. The molecule has 0 spiro atoms. The number of carbonyl (C=O) groups is 1. The van der Waals surface area contributed by atoms with E-state index in [2.05, 4.69) is 15.6 Å². The van der Waals surface area contributed by atoms with Gasteiger partial charge in [-0.15, -0.1) is 0 Å². The van der Waals surface area contributed by atoms with Crippen LogP contribution in [0.5, 0.6) is 0 Å². The molecule has 2 heterocycles. The number of nitrogens with one attached hydrogen (secondary N) is 2. The normalized spacial score (nSPS) is 16.5. The third-order valence-corrected chi connectivity index (χ3v) is 3.50. The van der Waals surface area contributed by atoms with E-state index in [-0.39, 0.29) is 5.91 Å². The van der Waals surface area contributed by atoms with Gasteiger partial charge in [-0.25, -0.2) is 0 Å². The van der Waals surface area contributed by atoms with Crippen molar-refractivity contribution in [2.24, 2.45) is 5.92 Å². The quantitative estimate of drug-likeness (QED) is 0.845. The molecule has 0 atom stereocenters. The van der Waals surface area contributed by atoms with Crippen LogP contribution in [0.25, 0.3) is 0 Å². The lowest BCUT2D eigenvalue weighted by molar-refractivity contribution is -0.122. The van der Waals surface area contributed by atoms with Gasteiger partial charge >= 0.3 is 0 Å². The zero-order valence-corrected chi connectivity index (χ0v) is 10.9. The number of hydrogen-bond acceptors (Lipinski definition) is 3. The highest BCUT2D eigenvalue weighted by Gasteiger charge is 2.16. The second kappa shape index (κ2) is 6.50. The van der Waals surface area contributed by atoms with E-state index in [4.69, 9.17) is 0 Å². The Kier molecular flexibility index (Phi) is 4.70. The molecule has 0 saturated carbocycles. The van der Waals surface area contributed by atoms with E-state index in [1.165, 1.54) is 0 Å². The van der Waals surface area contributed by atoms with Crippen LogP contribution < -0.4 is 10.6 Å². The van der Waals surface area contributed by atoms with Crippen molar-refractivity contribution in [3.8, 4) is 0 Å². The predicted octanol–water partition coefficient (Wildman–Crippen LogP) is 1.40. The van der Waals surface area contributed by atoms with Gasteiger partial charge in [0, 0.05) is 12.6 Å². The Bertz CT molecular complexity index is 400. The van der Waals surface area contributed by atoms with Gasteiger partial charge in [-0.3, -0.25) is 9.78 Å². The molecule has 1 aliphatic rings. The van der Waals surface area contributed by atoms with E-state index in [0.29, 0.717) is 18.9 Å². The largest absolute Gasteiger partial charge is 0.350 e. The third-order valence-electron chi connectivity index (χ3n) is 3.50. The summed E-state index contributed by atoms with van der Waals surface area (Å²) in [4.78, 5) is 16.1. The first-order valence-electron chi connectivity index (χ1n) is 6.63. The second-order valence-corrected chi connectivity index (χ2v) is 4.94. The standard InChI is InChI=1S/C14H21N3O/c1-11-3-2-6-16-13(11)10-17-14(18)9-12-4-7-15-8-5-12/h2-3,6,12,15H,4-5,7-10H2,1H3,(H,17,18). The molecule has 0 radical (unpaired) electrons. The van der Waals surface area contributed by atoms with E-state index in [9.17, 15) is 4.79 Å². The van der Waals surface area contributed by atoms with Crippen LogP contribution in [0.3, 0.4) is 0 Å². The van der Waals surface area contributed by atoms with Crippen LogP contribution in [0.2, 0.25) is 0 Å². The van der Waals surface area contributed by atoms with E-state index >= 15 is 0 Å². The first kappa shape index (κ1) is 13.0. The molecule has 4 heteroatoms. The molecule has 0 aromatic carbocycles. The average Bonchev–Trinajstić information content (AvgIpc) is 2.39. The van der Waals surface area contributed by atoms with Crippen molar-refractivity contribution >= 4 is 5.91 Å². The molecule has 1 saturated heterocycles. The van der Waals surface area contributed by atoms with E-state index < -0.39 is 0 Å². The number of nitrogens with zero attached hydrogens (tertiary/aromatic N) is 1. The van der Waals surface area contributed by atoms with Crippen LogP contribution >= 0.6 is 0 Å². The summed E-state index contributed by atoms with van der Waals surface area (Å²) < 4.78 is 0. The molecule has 1 amide bonds. The van der Waals surface area contributed by atoms with Crippen molar-refractivity contribution in [1.82, 2.24) is 15.6 Å². The van der Waals surface area contributed by atoms with E-state index in [1.807, 2.05) is 19.1 Å². The molecule has 0 aliphatic carbocycles. The van der Waals surface area contributed by atoms with Crippen molar-refractivity contribution in [3.05, 3.63) is 29.6 Å². The Balaban J connectivity index is 1.76. The summed E-state index contributed by atoms with van der Waals surface area (Å²) in [6, 6.07) is 3.93. The lowest BCUT2D eigenvalue weighted by atomic mass is 9.94. The number of piperidine rings is 1. The van der Waals surface area contributed by atoms with Gasteiger partial charge in [-0.05, 0) is 50.4 Å². The first-order valence-corrected chi connectivity index (χ1v) is 6.63. The Morgan fingerprint density at radius 3 is 3.00 bits per heavy atom. The maximum absolute atomic E-state index is 11.8. The SMILES string of the molecule is Cc1cccnc1CNC(=O)CC1CCNCC1. The smallest absolute Gasteiger partial charge is 0.220 e. The van der Waals surface area contributed by atoms with Gasteiger partial charge in [0.05, 0.1) is 12.2 Å². The third kappa shape index (κ3) is 3.81. The average molecular weight is 247 g/mol. The summed E-state index contributed by atoms with van der Waals surface area (Å²) in [5.41, 5.74) is 2.08. The fourth-order valence-electron chi connectivity index (χ4n) is 2.31. The topological polar surface area (TPSA) is 54.0 Å². The molecule has 2 N–H and O–H groups in total. The summed E-state index contributed by atoms with van der Waals surface area (Å²) >= 11 is 0. The van der Waals surface area contributed by atoms with Crippen molar-refractivity contribution in [2.45, 2.75) is 32.7 Å². The van der Waals surface area contributed by atoms with Gasteiger partial charge in [0.25, 0.3) is 0 Å². The number of carbonyl (C=O) groups excluding carboxylic acids is 1. The summed E-state index contributed by atoms with van der Waals surface area (Å²) in [6.07, 6.45) is 4.63. The fraction of sp³-hybridized carbons (Fsp3) is 0.571. The van der Waals surface area contributed by atoms with Gasteiger partial charge in [0.15, 0.2) is 0 Å². The van der Waals surface area contributed by atoms with E-state index in [1.54, 1.807) is 6.20 Å². The molecule has 0 bridgehead atoms. The minimum atomic E-state index is 0.145. The monoisotopic (exact) mass is 247 g/mol. The number of amides is 1. The zero-order chi connectivity index (χ0) is 12.8. The first-order chi connectivity index (χ1) is 8.75. The molecule has 1 aliphatic heterocycles. The van der Waals surface area contributed by atoms with Crippen molar-refractivity contribution < 1.29 is 4.79 Å². The van der Waals surface area contributed by atoms with Crippen LogP contribution in [0, 0.1) is 12.8 Å². The summed E-state index contributed by atoms with van der Waals surface area (Å²) in [7, 11) is 0. The highest BCUT2D eigenvalue weighted by atomic mass is 16.1. The molecular formula is C14H21N3O. The van der Waals surface area contributed by atoms with Crippen molar-refractivity contribution in [1.29, 1.82) is 0 Å². The Hall–Kier alpha value is -1.42. The van der Waals surface area contributed by atoms with Crippen molar-refractivity contribution in [2.75, 3.05) is 13.1 Å². The van der Waals surface area contributed by atoms with Crippen molar-refractivity contribution in [3.63, 3.8) is 0 Å². The molecule has 18 heavy (non-hydrogen) atoms. The zero-order valence-electron chi connectivity index (χ0n) is 10.9. The minimum Gasteiger partial charge on any atom is -0.350 e. The van der Waals surface area contributed by atoms with Gasteiger partial charge in [0.2, 0.25) is 5.91 Å². The Morgan fingerprint density at radius 1 is 1.50 bits per heavy atom. The molecule has 1 aromatic rings. The maximum atomic E-state index is 11.8. The molecule has 0 unspecified atom stereocenters. The molecule has 98 valence electrons. The van der Waals surface area contributed by atoms with Crippen LogP contribution in [0.15, 0.2) is 18.3 Å². The second-order valence-electron chi connectivity index (χ2n) is 4.94. The van der Waals surface area contributed by atoms with Crippen LogP contribution in [0.1, 0.15) is 30.5 Å². The number of rotatable bonds is 4. The number of aryl methyl sites for hydroxylation is 1. The van der Waals surface area contributed by atoms with Crippen LogP contribution in [-0.2, 0) is 11.3 Å². The number of hydrogen-bond donors (Lipinski definition) is 2. The van der Waals surface area contributed by atoms with Gasteiger partial charge in [0.1, 0.15) is 0 Å². The molecule has 2 rings (SSSR count). The number of pyridine rings is 1. The summed E-state index contributed by atoms with van der Waals surface area (Å²) in [5, 5.41) is 6.28. The fourth-order valence-corrected chi connectivity index (χ4v) is 2.31. The van der Waals surface area contributed by atoms with Gasteiger partial charge in [-0.1, -0.05) is 6.07 Å². The lowest BCUT2D eigenvalue weighted by Crippen LogP contribution is -2.32. The van der Waals surface area contributed by atoms with Crippen LogP contribution in [-0.4, -0.2) is 24.0 Å². The molecule has 4 nitrogen and oxygen atoms in total.